The number of thiophene rings is 1. The summed E-state index contributed by atoms with van der Waals surface area (Å²) in [6.07, 6.45) is 1.55. The van der Waals surface area contributed by atoms with Crippen molar-refractivity contribution in [3.8, 4) is 0 Å². The largest absolute Gasteiger partial charge is 0.352 e. The fourth-order valence-electron chi connectivity index (χ4n) is 1.48. The molecule has 0 saturated carbocycles. The Hall–Kier alpha value is -0.870. The highest BCUT2D eigenvalue weighted by Crippen LogP contribution is 2.16. The lowest BCUT2D eigenvalue weighted by Crippen LogP contribution is -2.44. The van der Waals surface area contributed by atoms with Crippen molar-refractivity contribution in [1.82, 2.24) is 5.32 Å². The van der Waals surface area contributed by atoms with E-state index in [9.17, 15) is 4.79 Å². The van der Waals surface area contributed by atoms with Crippen LogP contribution < -0.4 is 11.1 Å². The van der Waals surface area contributed by atoms with Crippen LogP contribution in [0.1, 0.15) is 30.0 Å². The number of nitrogens with one attached hydrogen (secondary N) is 1. The summed E-state index contributed by atoms with van der Waals surface area (Å²) in [5.41, 5.74) is 5.65. The smallest absolute Gasteiger partial charge is 0.237 e. The van der Waals surface area contributed by atoms with Crippen LogP contribution in [0.3, 0.4) is 0 Å². The van der Waals surface area contributed by atoms with Gasteiger partial charge in [-0.2, -0.15) is 0 Å². The zero-order valence-electron chi connectivity index (χ0n) is 10.1. The van der Waals surface area contributed by atoms with E-state index >= 15 is 0 Å². The van der Waals surface area contributed by atoms with Crippen LogP contribution in [0.4, 0.5) is 0 Å². The molecule has 3 N–H and O–H groups in total. The second-order valence-electron chi connectivity index (χ2n) is 4.14. The molecular formula is C12H20N2OS. The first-order valence-corrected chi connectivity index (χ1v) is 6.45. The average molecular weight is 240 g/mol. The highest BCUT2D eigenvalue weighted by atomic mass is 32.1. The molecule has 1 aromatic rings. The third kappa shape index (κ3) is 3.94. The Morgan fingerprint density at radius 1 is 1.56 bits per heavy atom. The van der Waals surface area contributed by atoms with Gasteiger partial charge in [0.15, 0.2) is 0 Å². The van der Waals surface area contributed by atoms with Crippen molar-refractivity contribution >= 4 is 17.2 Å². The van der Waals surface area contributed by atoms with E-state index in [0.717, 1.165) is 6.42 Å². The van der Waals surface area contributed by atoms with Crippen molar-refractivity contribution in [2.75, 3.05) is 0 Å². The van der Waals surface area contributed by atoms with Gasteiger partial charge in [-0.15, -0.1) is 11.3 Å². The van der Waals surface area contributed by atoms with E-state index in [-0.39, 0.29) is 18.0 Å². The molecule has 0 aliphatic carbocycles. The van der Waals surface area contributed by atoms with Gasteiger partial charge in [0.05, 0.1) is 6.04 Å². The number of amides is 1. The minimum atomic E-state index is -0.382. The van der Waals surface area contributed by atoms with E-state index in [1.807, 2.05) is 13.8 Å². The van der Waals surface area contributed by atoms with Crippen LogP contribution in [0.25, 0.3) is 0 Å². The molecule has 0 aromatic carbocycles. The van der Waals surface area contributed by atoms with Crippen molar-refractivity contribution in [1.29, 1.82) is 0 Å². The van der Waals surface area contributed by atoms with Crippen molar-refractivity contribution < 1.29 is 4.79 Å². The fourth-order valence-corrected chi connectivity index (χ4v) is 2.50. The van der Waals surface area contributed by atoms with Gasteiger partial charge >= 0.3 is 0 Å². The number of nitrogens with two attached hydrogens (primary N) is 1. The predicted molar refractivity (Wildman–Crippen MR) is 68.6 cm³/mol. The minimum Gasteiger partial charge on any atom is -0.352 e. The molecule has 2 atom stereocenters. The average Bonchev–Trinajstić information content (AvgIpc) is 2.62. The van der Waals surface area contributed by atoms with E-state index < -0.39 is 0 Å². The lowest BCUT2D eigenvalue weighted by Gasteiger charge is -2.15. The Morgan fingerprint density at radius 3 is 2.75 bits per heavy atom. The van der Waals surface area contributed by atoms with Crippen LogP contribution in [0, 0.1) is 6.92 Å². The monoisotopic (exact) mass is 240 g/mol. The summed E-state index contributed by atoms with van der Waals surface area (Å²) in [5.74, 6) is -0.0525. The third-order valence-electron chi connectivity index (χ3n) is 2.47. The van der Waals surface area contributed by atoms with Crippen LogP contribution >= 0.6 is 11.3 Å². The molecule has 16 heavy (non-hydrogen) atoms. The van der Waals surface area contributed by atoms with Crippen LogP contribution in [0.15, 0.2) is 12.1 Å². The number of rotatable bonds is 5. The summed E-state index contributed by atoms with van der Waals surface area (Å²) >= 11 is 1.77. The number of aryl methyl sites for hydroxylation is 1. The molecule has 3 nitrogen and oxygen atoms in total. The number of hydrogen-bond donors (Lipinski definition) is 2. The molecule has 1 unspecified atom stereocenters. The molecule has 0 saturated heterocycles. The quantitative estimate of drug-likeness (QED) is 0.825. The van der Waals surface area contributed by atoms with E-state index in [4.69, 9.17) is 5.73 Å². The van der Waals surface area contributed by atoms with E-state index in [1.54, 1.807) is 11.3 Å². The second-order valence-corrected chi connectivity index (χ2v) is 5.51. The molecule has 90 valence electrons. The van der Waals surface area contributed by atoms with Gasteiger partial charge in [-0.05, 0) is 32.4 Å². The summed E-state index contributed by atoms with van der Waals surface area (Å²) in [5, 5.41) is 2.93. The Morgan fingerprint density at radius 2 is 2.25 bits per heavy atom. The molecule has 0 aliphatic heterocycles. The van der Waals surface area contributed by atoms with E-state index in [2.05, 4.69) is 24.4 Å². The van der Waals surface area contributed by atoms with Gasteiger partial charge in [0.25, 0.3) is 0 Å². The van der Waals surface area contributed by atoms with Gasteiger partial charge in [0, 0.05) is 22.2 Å². The third-order valence-corrected chi connectivity index (χ3v) is 3.49. The van der Waals surface area contributed by atoms with Crippen molar-refractivity contribution in [2.45, 2.75) is 45.7 Å². The Labute approximate surface area is 101 Å². The molecule has 0 fully saturated rings. The summed E-state index contributed by atoms with van der Waals surface area (Å²) in [7, 11) is 0. The molecule has 1 heterocycles. The van der Waals surface area contributed by atoms with Gasteiger partial charge < -0.3 is 11.1 Å². The first kappa shape index (κ1) is 13.2. The van der Waals surface area contributed by atoms with Crippen molar-refractivity contribution in [2.24, 2.45) is 5.73 Å². The summed E-state index contributed by atoms with van der Waals surface area (Å²) in [4.78, 5) is 14.2. The number of carbonyl (C=O) groups is 1. The van der Waals surface area contributed by atoms with Crippen molar-refractivity contribution in [3.63, 3.8) is 0 Å². The Balaban J connectivity index is 2.41. The summed E-state index contributed by atoms with van der Waals surface area (Å²) < 4.78 is 0. The molecule has 0 spiro atoms. The molecule has 0 bridgehead atoms. The maximum atomic E-state index is 11.5. The molecule has 1 rings (SSSR count). The topological polar surface area (TPSA) is 55.1 Å². The fraction of sp³-hybridized carbons (Fsp3) is 0.583. The number of carbonyl (C=O) groups excluding carboxylic acids is 1. The highest BCUT2D eigenvalue weighted by molar-refractivity contribution is 7.11. The van der Waals surface area contributed by atoms with E-state index in [0.29, 0.717) is 6.42 Å². The molecule has 1 amide bonds. The van der Waals surface area contributed by atoms with Crippen LogP contribution in [0.2, 0.25) is 0 Å². The Bertz CT molecular complexity index is 349. The molecule has 0 radical (unpaired) electrons. The zero-order valence-corrected chi connectivity index (χ0v) is 10.9. The predicted octanol–water partition coefficient (Wildman–Crippen LogP) is 1.84. The summed E-state index contributed by atoms with van der Waals surface area (Å²) in [6.45, 7) is 6.01. The lowest BCUT2D eigenvalue weighted by atomic mass is 10.1. The van der Waals surface area contributed by atoms with Crippen molar-refractivity contribution in [3.05, 3.63) is 21.9 Å². The Kier molecular flexibility index (Phi) is 4.96. The molecule has 4 heteroatoms. The molecule has 0 aliphatic rings. The maximum Gasteiger partial charge on any atom is 0.237 e. The lowest BCUT2D eigenvalue weighted by molar-refractivity contribution is -0.123. The van der Waals surface area contributed by atoms with E-state index in [1.165, 1.54) is 9.75 Å². The molecular weight excluding hydrogens is 220 g/mol. The maximum absolute atomic E-state index is 11.5. The van der Waals surface area contributed by atoms with Gasteiger partial charge in [-0.25, -0.2) is 0 Å². The van der Waals surface area contributed by atoms with Gasteiger partial charge in [0.2, 0.25) is 5.91 Å². The first-order valence-electron chi connectivity index (χ1n) is 5.64. The zero-order chi connectivity index (χ0) is 12.1. The SMILES string of the molecule is CC[C@@H](N)C(=O)NC(C)Cc1ccc(C)s1. The summed E-state index contributed by atoms with van der Waals surface area (Å²) in [6, 6.07) is 3.98. The minimum absolute atomic E-state index is 0.0525. The standard InChI is InChI=1S/C12H20N2OS/c1-4-11(13)12(15)14-8(2)7-10-6-5-9(3)16-10/h5-6,8,11H,4,7,13H2,1-3H3,(H,14,15)/t8?,11-/m1/s1. The van der Waals surface area contributed by atoms with Gasteiger partial charge in [-0.1, -0.05) is 6.92 Å². The first-order chi connectivity index (χ1) is 7.52. The normalized spacial score (nSPS) is 14.5. The van der Waals surface area contributed by atoms with Gasteiger partial charge in [-0.3, -0.25) is 4.79 Å². The highest BCUT2D eigenvalue weighted by Gasteiger charge is 2.14. The second kappa shape index (κ2) is 6.01. The van der Waals surface area contributed by atoms with Crippen LogP contribution in [-0.2, 0) is 11.2 Å². The molecule has 1 aromatic heterocycles. The van der Waals surface area contributed by atoms with Gasteiger partial charge in [0.1, 0.15) is 0 Å². The van der Waals surface area contributed by atoms with Crippen LogP contribution in [-0.4, -0.2) is 18.0 Å². The number of hydrogen-bond acceptors (Lipinski definition) is 3. The van der Waals surface area contributed by atoms with Crippen LogP contribution in [0.5, 0.6) is 0 Å².